The molecular weight excluding hydrogens is 717 g/mol. The molecule has 1 unspecified atom stereocenters. The summed E-state index contributed by atoms with van der Waals surface area (Å²) in [6, 6.07) is 67.5. The molecule has 1 atom stereocenters. The number of aromatic nitrogens is 1. The van der Waals surface area contributed by atoms with Crippen LogP contribution in [0.5, 0.6) is 0 Å². The van der Waals surface area contributed by atoms with E-state index in [1.807, 2.05) is 22.8 Å². The molecule has 3 heteroatoms. The molecule has 8 aromatic carbocycles. The first-order chi connectivity index (χ1) is 29.1. The molecule has 3 nitrogen and oxygen atoms in total. The van der Waals surface area contributed by atoms with Gasteiger partial charge in [0.05, 0.1) is 28.0 Å². The van der Waals surface area contributed by atoms with Crippen molar-refractivity contribution in [1.29, 1.82) is 0 Å². The van der Waals surface area contributed by atoms with Crippen molar-refractivity contribution in [2.24, 2.45) is 0 Å². The van der Waals surface area contributed by atoms with E-state index in [0.717, 1.165) is 77.8 Å². The van der Waals surface area contributed by atoms with Gasteiger partial charge in [-0.3, -0.25) is 9.36 Å². The van der Waals surface area contributed by atoms with E-state index in [9.17, 15) is 4.79 Å². The summed E-state index contributed by atoms with van der Waals surface area (Å²) in [5.41, 5.74) is 15.8. The molecule has 2 aliphatic rings. The lowest BCUT2D eigenvalue weighted by molar-refractivity contribution is 0.709. The van der Waals surface area contributed by atoms with Gasteiger partial charge in [-0.2, -0.15) is 0 Å². The van der Waals surface area contributed by atoms with Gasteiger partial charge in [0.2, 0.25) is 0 Å². The lowest BCUT2D eigenvalue weighted by atomic mass is 9.60. The lowest BCUT2D eigenvalue weighted by Gasteiger charge is -2.49. The second kappa shape index (κ2) is 13.6. The van der Waals surface area contributed by atoms with E-state index < -0.39 is 5.41 Å². The number of hydrogen-bond acceptors (Lipinski definition) is 2. The molecule has 280 valence electrons. The zero-order valence-electron chi connectivity index (χ0n) is 32.9. The van der Waals surface area contributed by atoms with Crippen molar-refractivity contribution in [3.8, 4) is 27.9 Å². The van der Waals surface area contributed by atoms with Gasteiger partial charge in [-0.15, -0.1) is 0 Å². The summed E-state index contributed by atoms with van der Waals surface area (Å²) in [5.74, 6) is 0. The van der Waals surface area contributed by atoms with Crippen LogP contribution in [0, 0.1) is 0 Å². The Morgan fingerprint density at radius 2 is 1.07 bits per heavy atom. The SMILES string of the molecule is C/C=C\C=C(/C)c1ccc2c(c1)C1(c3cc(-c4ccccc4)ccc3N2c2ccc(-c3ccccc3)cc2)c2ccccc2-n2c(=O)c3ccccc3c3cccc1c32. The van der Waals surface area contributed by atoms with Gasteiger partial charge in [0.25, 0.3) is 5.56 Å². The van der Waals surface area contributed by atoms with Gasteiger partial charge in [-0.1, -0.05) is 158 Å². The van der Waals surface area contributed by atoms with Gasteiger partial charge in [0, 0.05) is 16.5 Å². The number of para-hydroxylation sites is 2. The highest BCUT2D eigenvalue weighted by Crippen LogP contribution is 2.62. The molecule has 0 saturated heterocycles. The van der Waals surface area contributed by atoms with Crippen LogP contribution < -0.4 is 10.5 Å². The number of hydrogen-bond donors (Lipinski definition) is 0. The van der Waals surface area contributed by atoms with Gasteiger partial charge in [0.15, 0.2) is 0 Å². The predicted molar refractivity (Wildman–Crippen MR) is 246 cm³/mol. The Bertz CT molecular complexity index is 3250. The molecule has 1 aromatic heterocycles. The maximum atomic E-state index is 14.9. The van der Waals surface area contributed by atoms with Crippen LogP contribution in [0.3, 0.4) is 0 Å². The number of rotatable bonds is 5. The number of anilines is 3. The van der Waals surface area contributed by atoms with Crippen molar-refractivity contribution in [2.45, 2.75) is 19.3 Å². The van der Waals surface area contributed by atoms with Gasteiger partial charge in [-0.25, -0.2) is 0 Å². The average molecular weight is 757 g/mol. The van der Waals surface area contributed by atoms with Crippen LogP contribution in [0.2, 0.25) is 0 Å². The summed E-state index contributed by atoms with van der Waals surface area (Å²) in [4.78, 5) is 17.3. The largest absolute Gasteiger partial charge is 0.310 e. The number of nitrogens with zero attached hydrogens (tertiary/aromatic N) is 2. The number of benzene rings is 8. The Balaban J connectivity index is 1.31. The van der Waals surface area contributed by atoms with Crippen molar-refractivity contribution in [3.05, 3.63) is 244 Å². The molecule has 2 aliphatic heterocycles. The van der Waals surface area contributed by atoms with Crippen LogP contribution in [0.15, 0.2) is 211 Å². The highest BCUT2D eigenvalue weighted by atomic mass is 16.1. The first-order valence-corrected chi connectivity index (χ1v) is 20.3. The second-order valence-electron chi connectivity index (χ2n) is 15.6. The molecule has 3 heterocycles. The molecule has 11 rings (SSSR count). The highest BCUT2D eigenvalue weighted by molar-refractivity contribution is 6.09. The summed E-state index contributed by atoms with van der Waals surface area (Å²) >= 11 is 0. The Morgan fingerprint density at radius 1 is 0.492 bits per heavy atom. The van der Waals surface area contributed by atoms with Gasteiger partial charge in [-0.05, 0) is 123 Å². The van der Waals surface area contributed by atoms with Crippen LogP contribution in [0.4, 0.5) is 17.1 Å². The molecule has 0 radical (unpaired) electrons. The summed E-state index contributed by atoms with van der Waals surface area (Å²) < 4.78 is 1.99. The molecule has 0 bridgehead atoms. The van der Waals surface area contributed by atoms with E-state index in [-0.39, 0.29) is 5.56 Å². The zero-order valence-corrected chi connectivity index (χ0v) is 32.9. The first-order valence-electron chi connectivity index (χ1n) is 20.3. The van der Waals surface area contributed by atoms with Gasteiger partial charge >= 0.3 is 0 Å². The number of fused-ring (bicyclic) bond motifs is 10. The van der Waals surface area contributed by atoms with Crippen molar-refractivity contribution < 1.29 is 0 Å². The fourth-order valence-electron chi connectivity index (χ4n) is 9.81. The molecule has 0 amide bonds. The summed E-state index contributed by atoms with van der Waals surface area (Å²) in [7, 11) is 0. The lowest BCUT2D eigenvalue weighted by Crippen LogP contribution is -2.42. The topological polar surface area (TPSA) is 25.2 Å². The van der Waals surface area contributed by atoms with Gasteiger partial charge in [0.1, 0.15) is 0 Å². The van der Waals surface area contributed by atoms with Crippen LogP contribution in [0.1, 0.15) is 41.7 Å². The van der Waals surface area contributed by atoms with E-state index in [4.69, 9.17) is 0 Å². The van der Waals surface area contributed by atoms with E-state index >= 15 is 0 Å². The molecule has 59 heavy (non-hydrogen) atoms. The highest BCUT2D eigenvalue weighted by Gasteiger charge is 2.51. The third-order valence-corrected chi connectivity index (χ3v) is 12.5. The van der Waals surface area contributed by atoms with Crippen molar-refractivity contribution >= 4 is 44.3 Å². The smallest absolute Gasteiger partial charge is 0.263 e. The summed E-state index contributed by atoms with van der Waals surface area (Å²) in [6.07, 6.45) is 6.37. The molecule has 0 N–H and O–H groups in total. The Hall–Kier alpha value is -7.49. The van der Waals surface area contributed by atoms with Crippen LogP contribution in [-0.2, 0) is 5.41 Å². The van der Waals surface area contributed by atoms with E-state index in [1.165, 1.54) is 22.3 Å². The van der Waals surface area contributed by atoms with Crippen molar-refractivity contribution in [2.75, 3.05) is 4.90 Å². The fourth-order valence-corrected chi connectivity index (χ4v) is 9.81. The summed E-state index contributed by atoms with van der Waals surface area (Å²) in [5, 5.41) is 2.75. The number of allylic oxidation sites excluding steroid dienone is 4. The number of pyridine rings is 1. The van der Waals surface area contributed by atoms with Crippen molar-refractivity contribution in [3.63, 3.8) is 0 Å². The minimum absolute atomic E-state index is 0.00356. The fraction of sp³-hybridized carbons (Fsp3) is 0.0536. The van der Waals surface area contributed by atoms with Gasteiger partial charge < -0.3 is 4.90 Å². The molecule has 1 spiro atoms. The monoisotopic (exact) mass is 756 g/mol. The van der Waals surface area contributed by atoms with Crippen molar-refractivity contribution in [1.82, 2.24) is 4.57 Å². The normalized spacial score (nSPS) is 15.4. The third kappa shape index (κ3) is 5.11. The Morgan fingerprint density at radius 3 is 1.81 bits per heavy atom. The molecular formula is C56H40N2O. The second-order valence-corrected chi connectivity index (χ2v) is 15.6. The van der Waals surface area contributed by atoms with Crippen LogP contribution >= 0.6 is 0 Å². The average Bonchev–Trinajstić information content (AvgIpc) is 3.30. The molecule has 0 aliphatic carbocycles. The van der Waals surface area contributed by atoms with E-state index in [2.05, 4.69) is 207 Å². The Labute approximate surface area is 344 Å². The zero-order chi connectivity index (χ0) is 39.7. The standard InChI is InChI=1S/C56H40N2O/c1-3-4-16-37(2)41-29-33-52-49(35-41)56(47-24-13-14-26-51(47)58-54-45(23-15-25-48(54)56)44-21-11-12-22-46(44)55(58)59)50-36-42(39-19-9-6-10-20-39)30-34-53(50)57(52)43-31-27-40(28-32-43)38-17-7-5-8-18-38/h3-36H,1-2H3/b4-3-,37-16+. The Kier molecular flexibility index (Phi) is 7.99. The van der Waals surface area contributed by atoms with Crippen LogP contribution in [-0.4, -0.2) is 4.57 Å². The predicted octanol–water partition coefficient (Wildman–Crippen LogP) is 13.9. The van der Waals surface area contributed by atoms with Crippen LogP contribution in [0.25, 0.3) is 55.2 Å². The summed E-state index contributed by atoms with van der Waals surface area (Å²) in [6.45, 7) is 4.24. The molecule has 0 fully saturated rings. The quantitative estimate of drug-likeness (QED) is 0.129. The first kappa shape index (κ1) is 34.7. The minimum atomic E-state index is -0.808. The van der Waals surface area contributed by atoms with E-state index in [0.29, 0.717) is 0 Å². The van der Waals surface area contributed by atoms with E-state index in [1.54, 1.807) is 0 Å². The third-order valence-electron chi connectivity index (χ3n) is 12.5. The molecule has 9 aromatic rings. The molecule has 0 saturated carbocycles. The minimum Gasteiger partial charge on any atom is -0.310 e. The maximum Gasteiger partial charge on any atom is 0.263 e. The maximum absolute atomic E-state index is 14.9.